The zero-order chi connectivity index (χ0) is 30.4. The van der Waals surface area contributed by atoms with Gasteiger partial charge in [0.15, 0.2) is 17.6 Å². The largest absolute Gasteiger partial charge is 1.00 e. The van der Waals surface area contributed by atoms with E-state index in [1.807, 2.05) is 31.1 Å². The molecule has 0 N–H and O–H groups in total. The standard InChI is InChI=1S/C21H23NO5.C8H11N3O3S.Na/c1-11(23)25-16-6-4-13-10-15-14-5-7-17(26-12(2)24)20-21(14,8-9-22(15)3)18(13)19(16)27-20;1-11(2)8-5-3-7(4-6-8)9-10-15(12,13)14;/h4-7,14-15,17,20H,8-10H2,1-3H3;3-6H,1-2H3,(H,12,13,14);/q;;+1/p-1/b;10-9+;/t14-,15+,17-,20-,21-;;/m0../s1. The summed E-state index contributed by atoms with van der Waals surface area (Å²) >= 11 is 0. The number of likely N-dealkylation sites (N-methyl/N-ethyl adjacent to an activating group) is 1. The molecule has 2 heterocycles. The zero-order valence-corrected chi connectivity index (χ0v) is 27.8. The zero-order valence-electron chi connectivity index (χ0n) is 25.0. The van der Waals surface area contributed by atoms with E-state index in [0.29, 0.717) is 23.2 Å². The van der Waals surface area contributed by atoms with E-state index >= 15 is 0 Å². The molecule has 5 atom stereocenters. The first-order valence-corrected chi connectivity index (χ1v) is 14.9. The van der Waals surface area contributed by atoms with Crippen LogP contribution in [-0.4, -0.2) is 75.7 Å². The first kappa shape index (κ1) is 33.1. The Kier molecular flexibility index (Phi) is 9.74. The number of hydrogen-bond acceptors (Lipinski definition) is 11. The quantitative estimate of drug-likeness (QED) is 0.114. The molecule has 1 fully saturated rings. The number of nitrogens with zero attached hydrogens (tertiary/aromatic N) is 4. The summed E-state index contributed by atoms with van der Waals surface area (Å²) in [6.45, 7) is 3.77. The minimum Gasteiger partial charge on any atom is -0.728 e. The third kappa shape index (κ3) is 6.52. The van der Waals surface area contributed by atoms with Crippen LogP contribution in [0.15, 0.2) is 58.2 Å². The summed E-state index contributed by atoms with van der Waals surface area (Å²) in [5.41, 5.74) is 3.42. The summed E-state index contributed by atoms with van der Waals surface area (Å²) < 4.78 is 50.6. The minimum atomic E-state index is -4.65. The number of esters is 2. The Labute approximate surface area is 273 Å². The first-order chi connectivity index (χ1) is 19.8. The Hall–Kier alpha value is -2.81. The molecule has 1 spiro atoms. The number of piperidine rings is 1. The maximum Gasteiger partial charge on any atom is 1.00 e. The summed E-state index contributed by atoms with van der Waals surface area (Å²) in [7, 11) is 1.27. The number of benzene rings is 2. The smallest absolute Gasteiger partial charge is 0.728 e. The Bertz CT molecular complexity index is 1560. The summed E-state index contributed by atoms with van der Waals surface area (Å²) in [5.74, 6) is 0.712. The molecule has 2 aromatic carbocycles. The van der Waals surface area contributed by atoms with Gasteiger partial charge in [0.05, 0.1) is 5.69 Å². The van der Waals surface area contributed by atoms with Crippen molar-refractivity contribution < 1.29 is 66.3 Å². The molecular weight excluding hydrogens is 587 g/mol. The third-order valence-electron chi connectivity index (χ3n) is 8.29. The van der Waals surface area contributed by atoms with Gasteiger partial charge in [0.25, 0.3) is 0 Å². The maximum absolute atomic E-state index is 11.7. The molecule has 2 aromatic rings. The van der Waals surface area contributed by atoms with E-state index in [9.17, 15) is 22.6 Å². The van der Waals surface area contributed by atoms with E-state index in [1.165, 1.54) is 19.4 Å². The molecule has 14 heteroatoms. The van der Waals surface area contributed by atoms with Gasteiger partial charge < -0.3 is 28.6 Å². The molecule has 0 unspecified atom stereocenters. The van der Waals surface area contributed by atoms with Crippen molar-refractivity contribution in [1.82, 2.24) is 4.90 Å². The first-order valence-electron chi connectivity index (χ1n) is 13.5. The number of hydrogen-bond donors (Lipinski definition) is 0. The van der Waals surface area contributed by atoms with E-state index in [2.05, 4.69) is 33.7 Å². The van der Waals surface area contributed by atoms with Crippen LogP contribution in [0.2, 0.25) is 0 Å². The van der Waals surface area contributed by atoms with Gasteiger partial charge in [0.2, 0.25) is 10.3 Å². The van der Waals surface area contributed by atoms with E-state index in [0.717, 1.165) is 30.6 Å². The van der Waals surface area contributed by atoms with Crippen LogP contribution in [0.3, 0.4) is 0 Å². The van der Waals surface area contributed by atoms with Gasteiger partial charge >= 0.3 is 41.5 Å². The molecular formula is C29H33N4NaO8S. The van der Waals surface area contributed by atoms with Gasteiger partial charge in [-0.15, -0.1) is 5.11 Å². The second kappa shape index (κ2) is 12.7. The predicted molar refractivity (Wildman–Crippen MR) is 152 cm³/mol. The van der Waals surface area contributed by atoms with Crippen LogP contribution in [-0.2, 0) is 36.5 Å². The predicted octanol–water partition coefficient (Wildman–Crippen LogP) is 0.289. The van der Waals surface area contributed by atoms with Crippen molar-refractivity contribution in [2.75, 3.05) is 32.6 Å². The summed E-state index contributed by atoms with van der Waals surface area (Å²) in [6.07, 6.45) is 5.31. The van der Waals surface area contributed by atoms with Gasteiger partial charge in [-0.3, -0.25) is 9.59 Å². The van der Waals surface area contributed by atoms with Gasteiger partial charge in [0.1, 0.15) is 6.10 Å². The molecule has 4 aliphatic rings. The van der Waals surface area contributed by atoms with Crippen LogP contribution < -0.4 is 43.9 Å². The number of anilines is 1. The van der Waals surface area contributed by atoms with Crippen molar-refractivity contribution in [1.29, 1.82) is 0 Å². The van der Waals surface area contributed by atoms with Crippen molar-refractivity contribution in [3.63, 3.8) is 0 Å². The van der Waals surface area contributed by atoms with E-state index in [-0.39, 0.29) is 58.9 Å². The van der Waals surface area contributed by atoms with E-state index < -0.39 is 16.4 Å². The van der Waals surface area contributed by atoms with Gasteiger partial charge in [-0.25, -0.2) is 8.42 Å². The summed E-state index contributed by atoms with van der Waals surface area (Å²) in [5, 5.41) is 3.28. The third-order valence-corrected chi connectivity index (χ3v) is 8.57. The maximum atomic E-state index is 11.7. The molecule has 0 amide bonds. The van der Waals surface area contributed by atoms with Gasteiger partial charge in [-0.1, -0.05) is 16.7 Å². The Morgan fingerprint density at radius 1 is 1.09 bits per heavy atom. The molecule has 2 aliphatic heterocycles. The number of ether oxygens (including phenoxy) is 3. The summed E-state index contributed by atoms with van der Waals surface area (Å²) in [6, 6.07) is 10.9. The number of carbonyl (C=O) groups is 2. The molecule has 6 rings (SSSR count). The monoisotopic (exact) mass is 620 g/mol. The van der Waals surface area contributed by atoms with Gasteiger partial charge in [0, 0.05) is 56.6 Å². The van der Waals surface area contributed by atoms with Crippen LogP contribution in [0.1, 0.15) is 31.4 Å². The Morgan fingerprint density at radius 2 is 1.79 bits per heavy atom. The molecule has 43 heavy (non-hydrogen) atoms. The van der Waals surface area contributed by atoms with Crippen LogP contribution in [0.25, 0.3) is 0 Å². The van der Waals surface area contributed by atoms with E-state index in [1.54, 1.807) is 24.3 Å². The molecule has 12 nitrogen and oxygen atoms in total. The molecule has 2 aliphatic carbocycles. The van der Waals surface area contributed by atoms with Crippen molar-refractivity contribution in [3.05, 3.63) is 59.7 Å². The molecule has 1 saturated heterocycles. The van der Waals surface area contributed by atoms with Crippen molar-refractivity contribution in [2.45, 2.75) is 50.4 Å². The van der Waals surface area contributed by atoms with Crippen molar-refractivity contribution in [2.24, 2.45) is 15.6 Å². The van der Waals surface area contributed by atoms with Crippen molar-refractivity contribution in [3.8, 4) is 11.5 Å². The number of likely N-dealkylation sites (tertiary alicyclic amines) is 1. The van der Waals surface area contributed by atoms with Crippen molar-refractivity contribution >= 4 is 33.6 Å². The SMILES string of the molecule is CC(=O)Oc1ccc2c3c1O[C@H]1[C@@H](OC(C)=O)C=C[C@H]4[C@@H](C2)N(C)CC[C@@]341.CN(C)c1ccc(/N=N/S(=O)(=O)[O-])cc1.[Na+]. The fourth-order valence-electron chi connectivity index (χ4n) is 6.65. The fraction of sp³-hybridized carbons (Fsp3) is 0.448. The second-order valence-electron chi connectivity index (χ2n) is 11.1. The van der Waals surface area contributed by atoms with Gasteiger partial charge in [-0.05, 0) is 68.4 Å². The van der Waals surface area contributed by atoms with Crippen LogP contribution in [0, 0.1) is 5.92 Å². The van der Waals surface area contributed by atoms with E-state index in [4.69, 9.17) is 14.2 Å². The summed E-state index contributed by atoms with van der Waals surface area (Å²) in [4.78, 5) is 27.6. The second-order valence-corrected chi connectivity index (χ2v) is 12.1. The topological polar surface area (TPSA) is 150 Å². The normalized spacial score (nSPS) is 26.3. The molecule has 0 saturated carbocycles. The average Bonchev–Trinajstić information content (AvgIpc) is 3.27. The fourth-order valence-corrected chi connectivity index (χ4v) is 6.85. The molecule has 0 aromatic heterocycles. The Morgan fingerprint density at radius 3 is 2.40 bits per heavy atom. The van der Waals surface area contributed by atoms with Gasteiger partial charge in [-0.2, -0.15) is 0 Å². The van der Waals surface area contributed by atoms with Crippen LogP contribution in [0.5, 0.6) is 11.5 Å². The average molecular weight is 621 g/mol. The number of carbonyl (C=O) groups excluding carboxylic acids is 2. The van der Waals surface area contributed by atoms with Crippen LogP contribution in [0.4, 0.5) is 11.4 Å². The Balaban J connectivity index is 0.000000228. The molecule has 224 valence electrons. The number of rotatable bonds is 5. The minimum absolute atomic E-state index is 0. The molecule has 2 bridgehead atoms. The van der Waals surface area contributed by atoms with Crippen LogP contribution >= 0.6 is 0 Å². The molecule has 0 radical (unpaired) electrons.